The van der Waals surface area contributed by atoms with Crippen molar-refractivity contribution in [2.75, 3.05) is 20.2 Å². The molecule has 2 aromatic rings. The van der Waals surface area contributed by atoms with Gasteiger partial charge >= 0.3 is 0 Å². The van der Waals surface area contributed by atoms with Crippen LogP contribution in [0.1, 0.15) is 37.2 Å². The van der Waals surface area contributed by atoms with Crippen molar-refractivity contribution in [3.05, 3.63) is 36.2 Å². The molecule has 118 valence electrons. The third-order valence-electron chi connectivity index (χ3n) is 3.50. The van der Waals surface area contributed by atoms with Crippen molar-refractivity contribution in [3.8, 4) is 11.4 Å². The molecule has 0 unspecified atom stereocenters. The van der Waals surface area contributed by atoms with Gasteiger partial charge in [-0.25, -0.2) is 4.68 Å². The molecule has 1 amide bonds. The Bertz CT molecular complexity index is 607. The highest BCUT2D eigenvalue weighted by molar-refractivity contribution is 5.92. The van der Waals surface area contributed by atoms with Gasteiger partial charge in [-0.2, -0.15) is 0 Å². The Hall–Kier alpha value is -2.37. The van der Waals surface area contributed by atoms with Crippen LogP contribution in [0, 0.1) is 0 Å². The molecule has 22 heavy (non-hydrogen) atoms. The second-order valence-electron chi connectivity index (χ2n) is 4.98. The van der Waals surface area contributed by atoms with Crippen LogP contribution in [0.3, 0.4) is 0 Å². The predicted molar refractivity (Wildman–Crippen MR) is 84.4 cm³/mol. The molecule has 0 aliphatic carbocycles. The van der Waals surface area contributed by atoms with Gasteiger partial charge in [-0.1, -0.05) is 18.6 Å². The highest BCUT2D eigenvalue weighted by Crippen LogP contribution is 2.14. The van der Waals surface area contributed by atoms with E-state index in [1.54, 1.807) is 22.9 Å². The maximum Gasteiger partial charge on any atom is 0.276 e. The van der Waals surface area contributed by atoms with Crippen molar-refractivity contribution in [2.24, 2.45) is 0 Å². The molecule has 1 aromatic heterocycles. The maximum absolute atomic E-state index is 12.4. The Balaban J connectivity index is 2.13. The Morgan fingerprint density at radius 3 is 2.59 bits per heavy atom. The van der Waals surface area contributed by atoms with Crippen LogP contribution in [-0.4, -0.2) is 46.0 Å². The van der Waals surface area contributed by atoms with E-state index >= 15 is 0 Å². The molecule has 6 heteroatoms. The lowest BCUT2D eigenvalue weighted by Gasteiger charge is -2.18. The van der Waals surface area contributed by atoms with E-state index in [-0.39, 0.29) is 5.91 Å². The van der Waals surface area contributed by atoms with Crippen LogP contribution < -0.4 is 4.74 Å². The molecule has 0 atom stereocenters. The molecular formula is C16H22N4O2. The van der Waals surface area contributed by atoms with E-state index in [0.29, 0.717) is 12.2 Å². The van der Waals surface area contributed by atoms with Crippen molar-refractivity contribution < 1.29 is 9.53 Å². The van der Waals surface area contributed by atoms with Crippen molar-refractivity contribution >= 4 is 5.91 Å². The molecule has 1 aromatic carbocycles. The van der Waals surface area contributed by atoms with Gasteiger partial charge in [-0.15, -0.1) is 5.10 Å². The van der Waals surface area contributed by atoms with Crippen LogP contribution in [0.4, 0.5) is 0 Å². The molecule has 1 heterocycles. The van der Waals surface area contributed by atoms with E-state index in [9.17, 15) is 4.79 Å². The molecule has 0 saturated heterocycles. The number of carbonyl (C=O) groups excluding carboxylic acids is 1. The zero-order valence-corrected chi connectivity index (χ0v) is 13.3. The van der Waals surface area contributed by atoms with Gasteiger partial charge in [0.25, 0.3) is 5.91 Å². The van der Waals surface area contributed by atoms with E-state index in [1.807, 2.05) is 31.2 Å². The van der Waals surface area contributed by atoms with Gasteiger partial charge in [-0.05, 0) is 37.6 Å². The fourth-order valence-electron chi connectivity index (χ4n) is 2.14. The lowest BCUT2D eigenvalue weighted by atomic mass is 10.3. The standard InChI is InChI=1S/C16H22N4O2/c1-4-6-11-19(5-2)16(21)15-12-20(18-17-15)13-7-9-14(22-3)10-8-13/h7-10,12H,4-6,11H2,1-3H3. The van der Waals surface area contributed by atoms with Gasteiger partial charge in [0.05, 0.1) is 19.0 Å². The van der Waals surface area contributed by atoms with Crippen molar-refractivity contribution in [1.82, 2.24) is 19.9 Å². The zero-order valence-electron chi connectivity index (χ0n) is 13.3. The molecule has 0 saturated carbocycles. The summed E-state index contributed by atoms with van der Waals surface area (Å²) >= 11 is 0. The molecule has 0 aliphatic heterocycles. The van der Waals surface area contributed by atoms with E-state index in [0.717, 1.165) is 30.8 Å². The van der Waals surface area contributed by atoms with Gasteiger partial charge < -0.3 is 9.64 Å². The number of unbranched alkanes of at least 4 members (excludes halogenated alkanes) is 1. The highest BCUT2D eigenvalue weighted by atomic mass is 16.5. The van der Waals surface area contributed by atoms with Crippen LogP contribution in [0.5, 0.6) is 5.75 Å². The van der Waals surface area contributed by atoms with Crippen molar-refractivity contribution in [3.63, 3.8) is 0 Å². The van der Waals surface area contributed by atoms with E-state index in [1.165, 1.54) is 0 Å². The van der Waals surface area contributed by atoms with Crippen LogP contribution in [0.25, 0.3) is 5.69 Å². The number of carbonyl (C=O) groups is 1. The third kappa shape index (κ3) is 3.63. The Morgan fingerprint density at radius 2 is 2.00 bits per heavy atom. The summed E-state index contributed by atoms with van der Waals surface area (Å²) in [4.78, 5) is 14.2. The Kier molecular flexibility index (Phi) is 5.52. The lowest BCUT2D eigenvalue weighted by molar-refractivity contribution is 0.0756. The molecular weight excluding hydrogens is 280 g/mol. The van der Waals surface area contributed by atoms with E-state index in [2.05, 4.69) is 17.2 Å². The molecule has 0 spiro atoms. The number of rotatable bonds is 7. The fourth-order valence-corrected chi connectivity index (χ4v) is 2.14. The summed E-state index contributed by atoms with van der Waals surface area (Å²) in [5.41, 5.74) is 1.21. The summed E-state index contributed by atoms with van der Waals surface area (Å²) in [7, 11) is 1.62. The Labute approximate surface area is 130 Å². The number of nitrogens with zero attached hydrogens (tertiary/aromatic N) is 4. The molecule has 0 radical (unpaired) electrons. The average Bonchev–Trinajstić information content (AvgIpc) is 3.05. The predicted octanol–water partition coefficient (Wildman–Crippen LogP) is 2.54. The van der Waals surface area contributed by atoms with Gasteiger partial charge in [0.1, 0.15) is 5.75 Å². The summed E-state index contributed by atoms with van der Waals surface area (Å²) in [5, 5.41) is 8.04. The first-order valence-corrected chi connectivity index (χ1v) is 7.55. The monoisotopic (exact) mass is 302 g/mol. The minimum atomic E-state index is -0.0734. The molecule has 0 bridgehead atoms. The van der Waals surface area contributed by atoms with Crippen molar-refractivity contribution in [2.45, 2.75) is 26.7 Å². The molecule has 0 N–H and O–H groups in total. The van der Waals surface area contributed by atoms with Crippen LogP contribution in [-0.2, 0) is 0 Å². The van der Waals surface area contributed by atoms with Crippen LogP contribution >= 0.6 is 0 Å². The largest absolute Gasteiger partial charge is 0.497 e. The smallest absolute Gasteiger partial charge is 0.276 e. The molecule has 6 nitrogen and oxygen atoms in total. The van der Waals surface area contributed by atoms with Gasteiger partial charge in [0, 0.05) is 13.1 Å². The minimum absolute atomic E-state index is 0.0734. The number of amides is 1. The second-order valence-corrected chi connectivity index (χ2v) is 4.98. The van der Waals surface area contributed by atoms with Gasteiger partial charge in [0.15, 0.2) is 5.69 Å². The topological polar surface area (TPSA) is 60.2 Å². The normalized spacial score (nSPS) is 10.5. The number of methoxy groups -OCH3 is 1. The average molecular weight is 302 g/mol. The third-order valence-corrected chi connectivity index (χ3v) is 3.50. The zero-order chi connectivity index (χ0) is 15.9. The molecule has 2 rings (SSSR count). The number of hydrogen-bond acceptors (Lipinski definition) is 4. The number of benzene rings is 1. The maximum atomic E-state index is 12.4. The van der Waals surface area contributed by atoms with E-state index < -0.39 is 0 Å². The van der Waals surface area contributed by atoms with Gasteiger partial charge in [-0.3, -0.25) is 4.79 Å². The molecule has 0 fully saturated rings. The summed E-state index contributed by atoms with van der Waals surface area (Å²) in [6.07, 6.45) is 3.72. The lowest BCUT2D eigenvalue weighted by Crippen LogP contribution is -2.32. The Morgan fingerprint density at radius 1 is 1.27 bits per heavy atom. The fraction of sp³-hybridized carbons (Fsp3) is 0.438. The van der Waals surface area contributed by atoms with Crippen LogP contribution in [0.2, 0.25) is 0 Å². The number of hydrogen-bond donors (Lipinski definition) is 0. The van der Waals surface area contributed by atoms with E-state index in [4.69, 9.17) is 4.74 Å². The first kappa shape index (κ1) is 16.0. The summed E-state index contributed by atoms with van der Waals surface area (Å²) in [6, 6.07) is 7.43. The van der Waals surface area contributed by atoms with Gasteiger partial charge in [0.2, 0.25) is 0 Å². The summed E-state index contributed by atoms with van der Waals surface area (Å²) in [5.74, 6) is 0.701. The highest BCUT2D eigenvalue weighted by Gasteiger charge is 2.17. The number of ether oxygens (including phenoxy) is 1. The first-order chi connectivity index (χ1) is 10.7. The van der Waals surface area contributed by atoms with Crippen LogP contribution in [0.15, 0.2) is 30.5 Å². The SMILES string of the molecule is CCCCN(CC)C(=O)c1cn(-c2ccc(OC)cc2)nn1. The minimum Gasteiger partial charge on any atom is -0.497 e. The second kappa shape index (κ2) is 7.59. The summed E-state index contributed by atoms with van der Waals surface area (Å²) in [6.45, 7) is 5.51. The first-order valence-electron chi connectivity index (χ1n) is 7.55. The summed E-state index contributed by atoms with van der Waals surface area (Å²) < 4.78 is 6.72. The van der Waals surface area contributed by atoms with Crippen molar-refractivity contribution in [1.29, 1.82) is 0 Å². The quantitative estimate of drug-likeness (QED) is 0.788. The number of aromatic nitrogens is 3. The molecule has 0 aliphatic rings.